The van der Waals surface area contributed by atoms with Crippen molar-refractivity contribution in [2.75, 3.05) is 12.4 Å². The number of ether oxygens (including phenoxy) is 1. The molecule has 2 aromatic heterocycles. The van der Waals surface area contributed by atoms with Crippen LogP contribution in [0, 0.1) is 0 Å². The number of aromatic nitrogens is 3. The topological polar surface area (TPSA) is 86.1 Å². The molecule has 2 heterocycles. The predicted octanol–water partition coefficient (Wildman–Crippen LogP) is 2.77. The molecule has 0 spiro atoms. The third-order valence-corrected chi connectivity index (χ3v) is 4.93. The largest absolute Gasteiger partial charge is 0.497 e. The second-order valence-electron chi connectivity index (χ2n) is 5.92. The fourth-order valence-corrected chi connectivity index (χ4v) is 3.18. The van der Waals surface area contributed by atoms with E-state index in [0.29, 0.717) is 16.3 Å². The highest BCUT2D eigenvalue weighted by Gasteiger charge is 2.17. The summed E-state index contributed by atoms with van der Waals surface area (Å²) in [6.07, 6.45) is 1.52. The number of carbonyl (C=O) groups is 1. The van der Waals surface area contributed by atoms with Crippen molar-refractivity contribution >= 4 is 33.3 Å². The third kappa shape index (κ3) is 3.25. The highest BCUT2D eigenvalue weighted by atomic mass is 32.1. The molecular weight excluding hydrogens is 340 g/mol. The Hall–Kier alpha value is -2.74. The van der Waals surface area contributed by atoms with E-state index in [2.05, 4.69) is 15.5 Å². The Kier molecular flexibility index (Phi) is 4.54. The number of amides is 1. The Labute approximate surface area is 148 Å². The van der Waals surface area contributed by atoms with Gasteiger partial charge in [-0.2, -0.15) is 0 Å². The number of anilines is 1. The van der Waals surface area contributed by atoms with E-state index in [1.807, 2.05) is 13.8 Å². The van der Waals surface area contributed by atoms with Gasteiger partial charge < -0.3 is 9.30 Å². The van der Waals surface area contributed by atoms with Gasteiger partial charge >= 0.3 is 0 Å². The van der Waals surface area contributed by atoms with Gasteiger partial charge in [0.1, 0.15) is 16.3 Å². The zero-order valence-electron chi connectivity index (χ0n) is 14.4. The van der Waals surface area contributed by atoms with Crippen LogP contribution in [0.3, 0.4) is 0 Å². The Morgan fingerprint density at radius 1 is 1.32 bits per heavy atom. The zero-order chi connectivity index (χ0) is 18.1. The molecule has 0 bridgehead atoms. The van der Waals surface area contributed by atoms with Crippen molar-refractivity contribution in [1.82, 2.24) is 14.8 Å². The van der Waals surface area contributed by atoms with E-state index in [0.717, 1.165) is 10.5 Å². The number of rotatable bonds is 4. The summed E-state index contributed by atoms with van der Waals surface area (Å²) >= 11 is 1.30. The van der Waals surface area contributed by atoms with E-state index in [9.17, 15) is 9.59 Å². The number of hydrogen-bond donors (Lipinski definition) is 1. The van der Waals surface area contributed by atoms with Crippen LogP contribution in [0.2, 0.25) is 0 Å². The first-order chi connectivity index (χ1) is 11.9. The van der Waals surface area contributed by atoms with E-state index in [1.165, 1.54) is 24.6 Å². The molecule has 0 unspecified atom stereocenters. The van der Waals surface area contributed by atoms with Crippen molar-refractivity contribution in [3.05, 3.63) is 45.2 Å². The number of pyridine rings is 1. The second-order valence-corrected chi connectivity index (χ2v) is 6.93. The summed E-state index contributed by atoms with van der Waals surface area (Å²) in [5.74, 6) is 0.286. The quantitative estimate of drug-likeness (QED) is 0.775. The van der Waals surface area contributed by atoms with Gasteiger partial charge in [0.15, 0.2) is 0 Å². The van der Waals surface area contributed by atoms with Gasteiger partial charge in [0, 0.05) is 19.2 Å². The average Bonchev–Trinajstić information content (AvgIpc) is 3.06. The van der Waals surface area contributed by atoms with Crippen molar-refractivity contribution in [3.63, 3.8) is 0 Å². The van der Waals surface area contributed by atoms with Gasteiger partial charge in [-0.05, 0) is 18.2 Å². The third-order valence-electron chi connectivity index (χ3n) is 3.80. The van der Waals surface area contributed by atoms with Gasteiger partial charge in [0.05, 0.1) is 18.0 Å². The lowest BCUT2D eigenvalue weighted by Crippen LogP contribution is -2.23. The molecule has 3 aromatic rings. The normalized spacial score (nSPS) is 11.1. The summed E-state index contributed by atoms with van der Waals surface area (Å²) < 4.78 is 6.91. The molecule has 1 amide bonds. The molecule has 0 saturated carbocycles. The summed E-state index contributed by atoms with van der Waals surface area (Å²) in [4.78, 5) is 25.3. The van der Waals surface area contributed by atoms with E-state index in [-0.39, 0.29) is 16.9 Å². The molecular formula is C17H18N4O3S. The van der Waals surface area contributed by atoms with Crippen molar-refractivity contribution in [3.8, 4) is 5.75 Å². The highest BCUT2D eigenvalue weighted by Crippen LogP contribution is 2.23. The predicted molar refractivity (Wildman–Crippen MR) is 97.7 cm³/mol. The minimum absolute atomic E-state index is 0.0459. The maximum absolute atomic E-state index is 12.7. The van der Waals surface area contributed by atoms with Crippen LogP contribution < -0.4 is 15.5 Å². The highest BCUT2D eigenvalue weighted by molar-refractivity contribution is 7.15. The summed E-state index contributed by atoms with van der Waals surface area (Å²) in [7, 11) is 3.32. The SMILES string of the molecule is COc1ccc2c(c1)c(=O)c(C(=O)Nc1nnc(C(C)C)s1)cn2C. The van der Waals surface area contributed by atoms with Gasteiger partial charge in [0.2, 0.25) is 10.6 Å². The first kappa shape index (κ1) is 17.1. The number of aryl methyl sites for hydroxylation is 1. The van der Waals surface area contributed by atoms with Crippen molar-refractivity contribution < 1.29 is 9.53 Å². The number of carbonyl (C=O) groups excluding carboxylic acids is 1. The lowest BCUT2D eigenvalue weighted by atomic mass is 10.1. The van der Waals surface area contributed by atoms with Crippen LogP contribution in [0.4, 0.5) is 5.13 Å². The van der Waals surface area contributed by atoms with Crippen LogP contribution in [0.15, 0.2) is 29.2 Å². The maximum Gasteiger partial charge on any atom is 0.262 e. The van der Waals surface area contributed by atoms with E-state index >= 15 is 0 Å². The average molecular weight is 358 g/mol. The minimum atomic E-state index is -0.503. The molecule has 1 N–H and O–H groups in total. The van der Waals surface area contributed by atoms with Crippen LogP contribution in [-0.2, 0) is 7.05 Å². The Bertz CT molecular complexity index is 1010. The van der Waals surface area contributed by atoms with Crippen LogP contribution in [0.5, 0.6) is 5.75 Å². The summed E-state index contributed by atoms with van der Waals surface area (Å²) in [5.41, 5.74) is 0.419. The first-order valence-electron chi connectivity index (χ1n) is 7.73. The molecule has 8 heteroatoms. The van der Waals surface area contributed by atoms with Crippen molar-refractivity contribution in [1.29, 1.82) is 0 Å². The summed E-state index contributed by atoms with van der Waals surface area (Å²) in [6.45, 7) is 4.00. The van der Waals surface area contributed by atoms with Crippen LogP contribution in [0.25, 0.3) is 10.9 Å². The van der Waals surface area contributed by atoms with Gasteiger partial charge in [-0.25, -0.2) is 0 Å². The molecule has 130 valence electrons. The Morgan fingerprint density at radius 3 is 2.72 bits per heavy atom. The molecule has 0 atom stereocenters. The number of hydrogen-bond acceptors (Lipinski definition) is 6. The number of fused-ring (bicyclic) bond motifs is 1. The summed E-state index contributed by atoms with van der Waals surface area (Å²) in [6, 6.07) is 5.20. The fourth-order valence-electron chi connectivity index (χ4n) is 2.44. The molecule has 0 saturated heterocycles. The number of benzene rings is 1. The lowest BCUT2D eigenvalue weighted by Gasteiger charge is -2.09. The zero-order valence-corrected chi connectivity index (χ0v) is 15.2. The number of methoxy groups -OCH3 is 1. The molecule has 1 aromatic carbocycles. The maximum atomic E-state index is 12.7. The smallest absolute Gasteiger partial charge is 0.262 e. The minimum Gasteiger partial charge on any atom is -0.497 e. The van der Waals surface area contributed by atoms with Crippen LogP contribution in [-0.4, -0.2) is 27.8 Å². The van der Waals surface area contributed by atoms with E-state index < -0.39 is 5.91 Å². The Balaban J connectivity index is 2.00. The molecule has 7 nitrogen and oxygen atoms in total. The molecule has 0 fully saturated rings. The van der Waals surface area contributed by atoms with Gasteiger partial charge in [-0.1, -0.05) is 25.2 Å². The standard InChI is InChI=1S/C17H18N4O3S/c1-9(2)16-19-20-17(25-16)18-15(23)12-8-21(3)13-6-5-10(24-4)7-11(13)14(12)22/h5-9H,1-4H3,(H,18,20,23). The number of nitrogens with zero attached hydrogens (tertiary/aromatic N) is 3. The van der Waals surface area contributed by atoms with Crippen molar-refractivity contribution in [2.24, 2.45) is 7.05 Å². The lowest BCUT2D eigenvalue weighted by molar-refractivity contribution is 0.102. The van der Waals surface area contributed by atoms with E-state index in [4.69, 9.17) is 4.74 Å². The molecule has 0 radical (unpaired) electrons. The molecule has 3 rings (SSSR count). The Morgan fingerprint density at radius 2 is 2.08 bits per heavy atom. The van der Waals surface area contributed by atoms with Gasteiger partial charge in [-0.15, -0.1) is 10.2 Å². The molecule has 0 aliphatic carbocycles. The van der Waals surface area contributed by atoms with Gasteiger partial charge in [0.25, 0.3) is 5.91 Å². The number of nitrogens with one attached hydrogen (secondary N) is 1. The van der Waals surface area contributed by atoms with Gasteiger partial charge in [-0.3, -0.25) is 14.9 Å². The molecule has 0 aliphatic rings. The first-order valence-corrected chi connectivity index (χ1v) is 8.54. The van der Waals surface area contributed by atoms with E-state index in [1.54, 1.807) is 29.8 Å². The molecule has 25 heavy (non-hydrogen) atoms. The fraction of sp³-hybridized carbons (Fsp3) is 0.294. The van der Waals surface area contributed by atoms with Crippen LogP contribution in [0.1, 0.15) is 35.1 Å². The second kappa shape index (κ2) is 6.64. The summed E-state index contributed by atoms with van der Waals surface area (Å²) in [5, 5.41) is 12.3. The van der Waals surface area contributed by atoms with Crippen LogP contribution >= 0.6 is 11.3 Å². The monoisotopic (exact) mass is 358 g/mol. The van der Waals surface area contributed by atoms with Crippen molar-refractivity contribution in [2.45, 2.75) is 19.8 Å². The molecule has 0 aliphatic heterocycles.